The SMILES string of the molecule is CN=C(NCCS(C)(=O)=O)N1CCC(CSc2ccccc2)C1.I. The Balaban J connectivity index is 0.00000288. The summed E-state index contributed by atoms with van der Waals surface area (Å²) in [7, 11) is -1.20. The lowest BCUT2D eigenvalue weighted by atomic mass is 10.2. The number of guanidine groups is 1. The zero-order chi connectivity index (χ0) is 16.7. The Hall–Kier alpha value is -0.480. The lowest BCUT2D eigenvalue weighted by molar-refractivity contribution is 0.476. The molecule has 1 aromatic carbocycles. The minimum Gasteiger partial charge on any atom is -0.355 e. The van der Waals surface area contributed by atoms with E-state index in [1.807, 2.05) is 17.8 Å². The van der Waals surface area contributed by atoms with E-state index < -0.39 is 9.84 Å². The third-order valence-electron chi connectivity index (χ3n) is 3.78. The molecule has 2 rings (SSSR count). The standard InChI is InChI=1S/C16H25N3O2S2.HI/c1-17-16(18-9-11-23(2,20)21)19-10-8-14(12-19)13-22-15-6-4-3-5-7-15;/h3-7,14H,8-13H2,1-2H3,(H,17,18);1H. The van der Waals surface area contributed by atoms with Crippen LogP contribution in [0.4, 0.5) is 0 Å². The fourth-order valence-electron chi connectivity index (χ4n) is 2.57. The third-order valence-corrected chi connectivity index (χ3v) is 5.97. The van der Waals surface area contributed by atoms with Crippen LogP contribution in [0.5, 0.6) is 0 Å². The van der Waals surface area contributed by atoms with Crippen molar-refractivity contribution in [1.82, 2.24) is 10.2 Å². The second-order valence-electron chi connectivity index (χ2n) is 5.83. The van der Waals surface area contributed by atoms with Crippen molar-refractivity contribution < 1.29 is 8.42 Å². The summed E-state index contributed by atoms with van der Waals surface area (Å²) < 4.78 is 22.4. The molecule has 0 spiro atoms. The normalized spacial score (nSPS) is 18.3. The molecule has 5 nitrogen and oxygen atoms in total. The smallest absolute Gasteiger partial charge is 0.193 e. The predicted octanol–water partition coefficient (Wildman–Crippen LogP) is 2.34. The fourth-order valence-corrected chi connectivity index (χ4v) is 4.10. The molecule has 1 aromatic rings. The molecule has 1 aliphatic heterocycles. The molecule has 1 heterocycles. The van der Waals surface area contributed by atoms with Gasteiger partial charge in [-0.15, -0.1) is 35.7 Å². The summed E-state index contributed by atoms with van der Waals surface area (Å²) in [4.78, 5) is 7.80. The molecule has 136 valence electrons. The van der Waals surface area contributed by atoms with E-state index in [4.69, 9.17) is 0 Å². The van der Waals surface area contributed by atoms with Gasteiger partial charge in [-0.2, -0.15) is 0 Å². The second-order valence-corrected chi connectivity index (χ2v) is 9.18. The Morgan fingerprint density at radius 3 is 2.71 bits per heavy atom. The zero-order valence-electron chi connectivity index (χ0n) is 14.1. The highest BCUT2D eigenvalue weighted by atomic mass is 127. The average Bonchev–Trinajstić information content (AvgIpc) is 2.98. The van der Waals surface area contributed by atoms with Crippen LogP contribution in [0.1, 0.15) is 6.42 Å². The highest BCUT2D eigenvalue weighted by Gasteiger charge is 2.24. The molecule has 0 aromatic heterocycles. The molecule has 1 fully saturated rings. The Morgan fingerprint density at radius 1 is 1.38 bits per heavy atom. The number of hydrogen-bond acceptors (Lipinski definition) is 4. The quantitative estimate of drug-likeness (QED) is 0.291. The molecule has 1 N–H and O–H groups in total. The van der Waals surface area contributed by atoms with Gasteiger partial charge in [0.2, 0.25) is 0 Å². The summed E-state index contributed by atoms with van der Waals surface area (Å²) in [6.07, 6.45) is 2.40. The van der Waals surface area contributed by atoms with E-state index in [1.165, 1.54) is 11.2 Å². The van der Waals surface area contributed by atoms with Gasteiger partial charge >= 0.3 is 0 Å². The average molecular weight is 483 g/mol. The summed E-state index contributed by atoms with van der Waals surface area (Å²) in [5, 5.41) is 3.15. The number of rotatable bonds is 6. The van der Waals surface area contributed by atoms with Crippen molar-refractivity contribution in [1.29, 1.82) is 0 Å². The van der Waals surface area contributed by atoms with Crippen molar-refractivity contribution in [3.8, 4) is 0 Å². The van der Waals surface area contributed by atoms with E-state index in [9.17, 15) is 8.42 Å². The van der Waals surface area contributed by atoms with Gasteiger partial charge in [-0.05, 0) is 24.5 Å². The number of benzene rings is 1. The highest BCUT2D eigenvalue weighted by Crippen LogP contribution is 2.25. The lowest BCUT2D eigenvalue weighted by Gasteiger charge is -2.21. The molecule has 24 heavy (non-hydrogen) atoms. The van der Waals surface area contributed by atoms with Crippen molar-refractivity contribution in [2.45, 2.75) is 11.3 Å². The number of hydrogen-bond donors (Lipinski definition) is 1. The van der Waals surface area contributed by atoms with Crippen LogP contribution in [0, 0.1) is 5.92 Å². The van der Waals surface area contributed by atoms with Gasteiger partial charge in [0.05, 0.1) is 5.75 Å². The molecule has 0 radical (unpaired) electrons. The maximum atomic E-state index is 11.2. The van der Waals surface area contributed by atoms with Crippen LogP contribution in [-0.2, 0) is 9.84 Å². The molecule has 1 aliphatic rings. The topological polar surface area (TPSA) is 61.8 Å². The highest BCUT2D eigenvalue weighted by molar-refractivity contribution is 14.0. The van der Waals surface area contributed by atoms with Crippen LogP contribution in [-0.4, -0.2) is 63.7 Å². The van der Waals surface area contributed by atoms with Crippen molar-refractivity contribution >= 4 is 51.5 Å². The molecule has 1 unspecified atom stereocenters. The van der Waals surface area contributed by atoms with E-state index in [-0.39, 0.29) is 29.7 Å². The number of nitrogens with one attached hydrogen (secondary N) is 1. The first-order valence-corrected chi connectivity index (χ1v) is 10.8. The third kappa shape index (κ3) is 7.60. The predicted molar refractivity (Wildman–Crippen MR) is 113 cm³/mol. The number of nitrogens with zero attached hydrogens (tertiary/aromatic N) is 2. The molecule has 0 bridgehead atoms. The number of sulfone groups is 1. The molecule has 1 atom stereocenters. The van der Waals surface area contributed by atoms with E-state index in [0.29, 0.717) is 12.5 Å². The number of halogens is 1. The minimum atomic E-state index is -2.94. The van der Waals surface area contributed by atoms with E-state index in [1.54, 1.807) is 7.05 Å². The van der Waals surface area contributed by atoms with E-state index in [2.05, 4.69) is 39.5 Å². The number of aliphatic imine (C=N–C) groups is 1. The van der Waals surface area contributed by atoms with Crippen molar-refractivity contribution in [3.05, 3.63) is 30.3 Å². The summed E-state index contributed by atoms with van der Waals surface area (Å²) in [5.41, 5.74) is 0. The van der Waals surface area contributed by atoms with Gasteiger partial charge in [-0.3, -0.25) is 4.99 Å². The second kappa shape index (κ2) is 10.5. The molecular formula is C16H26IN3O2S2. The Bertz CT molecular complexity index is 623. The van der Waals surface area contributed by atoms with Gasteiger partial charge in [0.1, 0.15) is 9.84 Å². The summed E-state index contributed by atoms with van der Waals surface area (Å²) >= 11 is 1.89. The van der Waals surface area contributed by atoms with Crippen LogP contribution < -0.4 is 5.32 Å². The molecule has 0 amide bonds. The zero-order valence-corrected chi connectivity index (χ0v) is 18.1. The minimum absolute atomic E-state index is 0. The summed E-state index contributed by atoms with van der Waals surface area (Å²) in [6, 6.07) is 10.5. The van der Waals surface area contributed by atoms with Gasteiger partial charge in [0.15, 0.2) is 5.96 Å². The van der Waals surface area contributed by atoms with Crippen molar-refractivity contribution in [2.24, 2.45) is 10.9 Å². The fraction of sp³-hybridized carbons (Fsp3) is 0.562. The molecular weight excluding hydrogens is 457 g/mol. The molecule has 1 saturated heterocycles. The first-order chi connectivity index (χ1) is 11.0. The van der Waals surface area contributed by atoms with E-state index >= 15 is 0 Å². The molecule has 0 aliphatic carbocycles. The van der Waals surface area contributed by atoms with Gasteiger partial charge in [0, 0.05) is 43.6 Å². The maximum absolute atomic E-state index is 11.2. The van der Waals surface area contributed by atoms with Crippen molar-refractivity contribution in [3.63, 3.8) is 0 Å². The molecule has 0 saturated carbocycles. The van der Waals surface area contributed by atoms with Gasteiger partial charge in [-0.25, -0.2) is 8.42 Å². The Morgan fingerprint density at radius 2 is 2.08 bits per heavy atom. The summed E-state index contributed by atoms with van der Waals surface area (Å²) in [5.74, 6) is 2.67. The Labute approximate surface area is 166 Å². The first-order valence-electron chi connectivity index (χ1n) is 7.79. The van der Waals surface area contributed by atoms with E-state index in [0.717, 1.165) is 31.2 Å². The monoisotopic (exact) mass is 483 g/mol. The lowest BCUT2D eigenvalue weighted by Crippen LogP contribution is -2.41. The Kier molecular flexibility index (Phi) is 9.43. The van der Waals surface area contributed by atoms with Crippen LogP contribution in [0.2, 0.25) is 0 Å². The van der Waals surface area contributed by atoms with Crippen LogP contribution in [0.25, 0.3) is 0 Å². The first kappa shape index (κ1) is 21.6. The number of thioether (sulfide) groups is 1. The van der Waals surface area contributed by atoms with Crippen molar-refractivity contribution in [2.75, 3.05) is 44.4 Å². The van der Waals surface area contributed by atoms with Crippen LogP contribution >= 0.6 is 35.7 Å². The van der Waals surface area contributed by atoms with Gasteiger partial charge in [0.25, 0.3) is 0 Å². The van der Waals surface area contributed by atoms with Crippen LogP contribution in [0.15, 0.2) is 40.2 Å². The maximum Gasteiger partial charge on any atom is 0.193 e. The number of likely N-dealkylation sites (tertiary alicyclic amines) is 1. The van der Waals surface area contributed by atoms with Gasteiger partial charge < -0.3 is 10.2 Å². The summed E-state index contributed by atoms with van der Waals surface area (Å²) in [6.45, 7) is 2.35. The largest absolute Gasteiger partial charge is 0.355 e. The van der Waals surface area contributed by atoms with Gasteiger partial charge in [-0.1, -0.05) is 18.2 Å². The van der Waals surface area contributed by atoms with Crippen LogP contribution in [0.3, 0.4) is 0 Å². The molecule has 8 heteroatoms.